The molecule has 0 unspecified atom stereocenters. The van der Waals surface area contributed by atoms with E-state index < -0.39 is 15.8 Å². The second kappa shape index (κ2) is 7.27. The zero-order chi connectivity index (χ0) is 17.0. The molecular formula is C15H22FN3O3S. The number of hydrogen-bond acceptors (Lipinski definition) is 3. The topological polar surface area (TPSA) is 69.7 Å². The second-order valence-corrected chi connectivity index (χ2v) is 7.84. The van der Waals surface area contributed by atoms with Crippen LogP contribution in [0.25, 0.3) is 0 Å². The molecular weight excluding hydrogens is 321 g/mol. The summed E-state index contributed by atoms with van der Waals surface area (Å²) in [5.41, 5.74) is 0.548. The zero-order valence-electron chi connectivity index (χ0n) is 13.3. The lowest BCUT2D eigenvalue weighted by Crippen LogP contribution is -2.54. The molecule has 2 rings (SSSR count). The molecule has 1 aliphatic rings. The van der Waals surface area contributed by atoms with Gasteiger partial charge >= 0.3 is 6.03 Å². The van der Waals surface area contributed by atoms with E-state index in [1.54, 1.807) is 4.90 Å². The van der Waals surface area contributed by atoms with Crippen LogP contribution >= 0.6 is 0 Å². The summed E-state index contributed by atoms with van der Waals surface area (Å²) in [5.74, 6) is -0.554. The Balaban J connectivity index is 1.93. The summed E-state index contributed by atoms with van der Waals surface area (Å²) in [6.07, 6.45) is 0. The standard InChI is InChI=1S/C15H22FN3O3S/c1-12(2)17-15(20)18-7-9-19(10-8-18)23(21,22)11-13-3-5-14(16)6-4-13/h3-6,12H,7-11H2,1-2H3,(H,17,20). The van der Waals surface area contributed by atoms with Crippen molar-refractivity contribution in [1.29, 1.82) is 0 Å². The minimum atomic E-state index is -3.47. The van der Waals surface area contributed by atoms with Crippen molar-refractivity contribution in [3.8, 4) is 0 Å². The van der Waals surface area contributed by atoms with E-state index in [2.05, 4.69) is 5.32 Å². The van der Waals surface area contributed by atoms with Crippen molar-refractivity contribution in [2.45, 2.75) is 25.6 Å². The number of nitrogens with one attached hydrogen (secondary N) is 1. The average molecular weight is 343 g/mol. The lowest BCUT2D eigenvalue weighted by Gasteiger charge is -2.34. The molecule has 0 saturated carbocycles. The Morgan fingerprint density at radius 2 is 1.74 bits per heavy atom. The zero-order valence-corrected chi connectivity index (χ0v) is 14.1. The number of amides is 2. The van der Waals surface area contributed by atoms with Crippen LogP contribution in [0.2, 0.25) is 0 Å². The van der Waals surface area contributed by atoms with E-state index in [4.69, 9.17) is 0 Å². The largest absolute Gasteiger partial charge is 0.336 e. The highest BCUT2D eigenvalue weighted by atomic mass is 32.2. The van der Waals surface area contributed by atoms with Gasteiger partial charge in [-0.2, -0.15) is 4.31 Å². The van der Waals surface area contributed by atoms with E-state index in [0.717, 1.165) is 0 Å². The molecule has 23 heavy (non-hydrogen) atoms. The number of benzene rings is 1. The number of carbonyl (C=O) groups is 1. The molecule has 0 aromatic heterocycles. The van der Waals surface area contributed by atoms with Crippen LogP contribution in [0.1, 0.15) is 19.4 Å². The Bertz CT molecular complexity index is 638. The van der Waals surface area contributed by atoms with Crippen LogP contribution in [-0.2, 0) is 15.8 Å². The van der Waals surface area contributed by atoms with Gasteiger partial charge < -0.3 is 10.2 Å². The number of carbonyl (C=O) groups excluding carboxylic acids is 1. The lowest BCUT2D eigenvalue weighted by molar-refractivity contribution is 0.170. The van der Waals surface area contributed by atoms with Gasteiger partial charge in [0.25, 0.3) is 0 Å². The molecule has 1 N–H and O–H groups in total. The number of nitrogens with zero attached hydrogens (tertiary/aromatic N) is 2. The van der Waals surface area contributed by atoms with Gasteiger partial charge in [0.15, 0.2) is 0 Å². The number of halogens is 1. The first-order valence-electron chi connectivity index (χ1n) is 7.55. The molecule has 1 aliphatic heterocycles. The maximum atomic E-state index is 12.9. The quantitative estimate of drug-likeness (QED) is 0.898. The van der Waals surface area contributed by atoms with E-state index in [9.17, 15) is 17.6 Å². The third kappa shape index (κ3) is 4.90. The molecule has 1 aromatic rings. The number of piperazine rings is 1. The first kappa shape index (κ1) is 17.7. The Kier molecular flexibility index (Phi) is 5.59. The summed E-state index contributed by atoms with van der Waals surface area (Å²) >= 11 is 0. The van der Waals surface area contributed by atoms with Crippen LogP contribution in [0.5, 0.6) is 0 Å². The molecule has 1 saturated heterocycles. The van der Waals surface area contributed by atoms with E-state index in [-0.39, 0.29) is 30.9 Å². The van der Waals surface area contributed by atoms with E-state index >= 15 is 0 Å². The molecule has 8 heteroatoms. The first-order chi connectivity index (χ1) is 10.8. The van der Waals surface area contributed by atoms with Crippen molar-refractivity contribution in [1.82, 2.24) is 14.5 Å². The molecule has 0 radical (unpaired) electrons. The van der Waals surface area contributed by atoms with Gasteiger partial charge in [0, 0.05) is 32.2 Å². The van der Waals surface area contributed by atoms with Gasteiger partial charge in [-0.05, 0) is 31.5 Å². The van der Waals surface area contributed by atoms with Crippen molar-refractivity contribution < 1.29 is 17.6 Å². The minimum Gasteiger partial charge on any atom is -0.336 e. The van der Waals surface area contributed by atoms with E-state index in [1.807, 2.05) is 13.8 Å². The molecule has 1 fully saturated rings. The number of rotatable bonds is 4. The van der Waals surface area contributed by atoms with Gasteiger partial charge in [0.1, 0.15) is 5.82 Å². The highest BCUT2D eigenvalue weighted by Crippen LogP contribution is 2.14. The molecule has 0 atom stereocenters. The molecule has 0 bridgehead atoms. The number of sulfonamides is 1. The summed E-state index contributed by atoms with van der Waals surface area (Å²) in [7, 11) is -3.47. The molecule has 0 aliphatic carbocycles. The van der Waals surface area contributed by atoms with Gasteiger partial charge in [-0.25, -0.2) is 17.6 Å². The van der Waals surface area contributed by atoms with Gasteiger partial charge in [-0.3, -0.25) is 0 Å². The van der Waals surface area contributed by atoms with Crippen molar-refractivity contribution in [3.63, 3.8) is 0 Å². The SMILES string of the molecule is CC(C)NC(=O)N1CCN(S(=O)(=O)Cc2ccc(F)cc2)CC1. The van der Waals surface area contributed by atoms with Gasteiger partial charge in [0.2, 0.25) is 10.0 Å². The molecule has 2 amide bonds. The van der Waals surface area contributed by atoms with Crippen LogP contribution in [0.3, 0.4) is 0 Å². The monoisotopic (exact) mass is 343 g/mol. The summed E-state index contributed by atoms with van der Waals surface area (Å²) in [5, 5.41) is 2.79. The molecule has 1 heterocycles. The molecule has 128 valence electrons. The molecule has 1 aromatic carbocycles. The van der Waals surface area contributed by atoms with E-state index in [1.165, 1.54) is 28.6 Å². The normalized spacial score (nSPS) is 16.6. The van der Waals surface area contributed by atoms with Crippen LogP contribution in [0.15, 0.2) is 24.3 Å². The van der Waals surface area contributed by atoms with E-state index in [0.29, 0.717) is 18.7 Å². The Morgan fingerprint density at radius 1 is 1.17 bits per heavy atom. The Hall–Kier alpha value is -1.67. The molecule has 0 spiro atoms. The lowest BCUT2D eigenvalue weighted by atomic mass is 10.2. The number of hydrogen-bond donors (Lipinski definition) is 1. The average Bonchev–Trinajstić information content (AvgIpc) is 2.49. The van der Waals surface area contributed by atoms with Gasteiger partial charge in [0.05, 0.1) is 5.75 Å². The second-order valence-electron chi connectivity index (χ2n) is 5.87. The van der Waals surface area contributed by atoms with Gasteiger partial charge in [-0.15, -0.1) is 0 Å². The first-order valence-corrected chi connectivity index (χ1v) is 9.16. The minimum absolute atomic E-state index is 0.0442. The third-order valence-corrected chi connectivity index (χ3v) is 5.44. The summed E-state index contributed by atoms with van der Waals surface area (Å²) in [6, 6.07) is 5.31. The highest BCUT2D eigenvalue weighted by molar-refractivity contribution is 7.88. The fraction of sp³-hybridized carbons (Fsp3) is 0.533. The number of urea groups is 1. The maximum absolute atomic E-state index is 12.9. The fourth-order valence-corrected chi connectivity index (χ4v) is 3.91. The van der Waals surface area contributed by atoms with Crippen LogP contribution in [0, 0.1) is 5.82 Å². The van der Waals surface area contributed by atoms with Crippen molar-refractivity contribution in [2.75, 3.05) is 26.2 Å². The highest BCUT2D eigenvalue weighted by Gasteiger charge is 2.29. The smallest absolute Gasteiger partial charge is 0.317 e. The van der Waals surface area contributed by atoms with Crippen LogP contribution in [-0.4, -0.2) is 55.9 Å². The fourth-order valence-electron chi connectivity index (χ4n) is 2.39. The predicted octanol–water partition coefficient (Wildman–Crippen LogP) is 1.39. The summed E-state index contributed by atoms with van der Waals surface area (Å²) in [4.78, 5) is 13.5. The Labute approximate surface area is 136 Å². The summed E-state index contributed by atoms with van der Waals surface area (Å²) in [6.45, 7) is 5.02. The van der Waals surface area contributed by atoms with Crippen LogP contribution in [0.4, 0.5) is 9.18 Å². The van der Waals surface area contributed by atoms with Crippen molar-refractivity contribution in [2.24, 2.45) is 0 Å². The third-order valence-electron chi connectivity index (χ3n) is 3.59. The van der Waals surface area contributed by atoms with Crippen molar-refractivity contribution >= 4 is 16.1 Å². The van der Waals surface area contributed by atoms with Gasteiger partial charge in [-0.1, -0.05) is 12.1 Å². The summed E-state index contributed by atoms with van der Waals surface area (Å²) < 4.78 is 39.1. The maximum Gasteiger partial charge on any atom is 0.317 e. The van der Waals surface area contributed by atoms with Crippen molar-refractivity contribution in [3.05, 3.63) is 35.6 Å². The molecule has 6 nitrogen and oxygen atoms in total. The Morgan fingerprint density at radius 3 is 2.26 bits per heavy atom. The predicted molar refractivity (Wildman–Crippen MR) is 85.8 cm³/mol. The van der Waals surface area contributed by atoms with Crippen LogP contribution < -0.4 is 5.32 Å².